The smallest absolute Gasteiger partial charge is 0.321 e. The van der Waals surface area contributed by atoms with Crippen LogP contribution in [0.3, 0.4) is 0 Å². The van der Waals surface area contributed by atoms with E-state index in [1.165, 1.54) is 4.31 Å². The molecule has 1 saturated heterocycles. The number of carboxylic acids is 1. The minimum Gasteiger partial charge on any atom is -0.480 e. The molecule has 0 bridgehead atoms. The second-order valence-electron chi connectivity index (χ2n) is 4.91. The zero-order valence-electron chi connectivity index (χ0n) is 10.9. The fraction of sp³-hybridized carbons (Fsp3) is 0.909. The molecule has 0 aromatic heterocycles. The Morgan fingerprint density at radius 1 is 1.56 bits per heavy atom. The standard InChI is InChI=1S/C11H22N2O4S/c1-3-5-10(11(14)15)12-18(16,17)13-7-4-6-9(2)8-13/h9-10,12H,3-8H2,1-2H3,(H,14,15). The number of hydrogen-bond acceptors (Lipinski definition) is 3. The first-order chi connectivity index (χ1) is 8.36. The Kier molecular flexibility index (Phi) is 5.55. The zero-order chi connectivity index (χ0) is 13.8. The molecule has 1 heterocycles. The van der Waals surface area contributed by atoms with Gasteiger partial charge < -0.3 is 5.11 Å². The van der Waals surface area contributed by atoms with Crippen molar-refractivity contribution in [2.24, 2.45) is 5.92 Å². The summed E-state index contributed by atoms with van der Waals surface area (Å²) in [5.74, 6) is -0.796. The SMILES string of the molecule is CCCC(NS(=O)(=O)N1CCCC(C)C1)C(=O)O. The van der Waals surface area contributed by atoms with Crippen LogP contribution in [-0.2, 0) is 15.0 Å². The lowest BCUT2D eigenvalue weighted by Crippen LogP contribution is -2.50. The summed E-state index contributed by atoms with van der Waals surface area (Å²) in [6.45, 7) is 4.77. The van der Waals surface area contributed by atoms with Crippen LogP contribution in [0.15, 0.2) is 0 Å². The summed E-state index contributed by atoms with van der Waals surface area (Å²) in [4.78, 5) is 11.0. The minimum absolute atomic E-state index is 0.304. The number of hydrogen-bond donors (Lipinski definition) is 2. The summed E-state index contributed by atoms with van der Waals surface area (Å²) in [7, 11) is -3.68. The van der Waals surface area contributed by atoms with E-state index in [1.54, 1.807) is 0 Å². The Bertz CT molecular complexity index is 383. The summed E-state index contributed by atoms with van der Waals surface area (Å²) >= 11 is 0. The van der Waals surface area contributed by atoms with Gasteiger partial charge in [-0.3, -0.25) is 4.79 Å². The maximum absolute atomic E-state index is 12.1. The fourth-order valence-electron chi connectivity index (χ4n) is 2.14. The van der Waals surface area contributed by atoms with Crippen molar-refractivity contribution < 1.29 is 18.3 Å². The van der Waals surface area contributed by atoms with Gasteiger partial charge in [0.2, 0.25) is 0 Å². The monoisotopic (exact) mass is 278 g/mol. The van der Waals surface area contributed by atoms with Gasteiger partial charge in [0.15, 0.2) is 0 Å². The number of carboxylic acid groups (broad SMARTS) is 1. The molecule has 7 heteroatoms. The highest BCUT2D eigenvalue weighted by Crippen LogP contribution is 2.18. The van der Waals surface area contributed by atoms with Crippen LogP contribution in [0.1, 0.15) is 39.5 Å². The van der Waals surface area contributed by atoms with E-state index in [2.05, 4.69) is 4.72 Å². The van der Waals surface area contributed by atoms with Crippen molar-refractivity contribution in [3.63, 3.8) is 0 Å². The van der Waals surface area contributed by atoms with Gasteiger partial charge in [0.05, 0.1) is 0 Å². The van der Waals surface area contributed by atoms with Crippen molar-refractivity contribution in [3.05, 3.63) is 0 Å². The predicted molar refractivity (Wildman–Crippen MR) is 68.4 cm³/mol. The van der Waals surface area contributed by atoms with E-state index in [1.807, 2.05) is 13.8 Å². The van der Waals surface area contributed by atoms with E-state index in [4.69, 9.17) is 5.11 Å². The highest BCUT2D eigenvalue weighted by atomic mass is 32.2. The largest absolute Gasteiger partial charge is 0.480 e. The Morgan fingerprint density at radius 3 is 2.72 bits per heavy atom. The first-order valence-electron chi connectivity index (χ1n) is 6.37. The van der Waals surface area contributed by atoms with Crippen LogP contribution in [-0.4, -0.2) is 42.9 Å². The van der Waals surface area contributed by atoms with E-state index in [0.29, 0.717) is 31.8 Å². The van der Waals surface area contributed by atoms with Gasteiger partial charge in [0, 0.05) is 13.1 Å². The number of nitrogens with zero attached hydrogens (tertiary/aromatic N) is 1. The van der Waals surface area contributed by atoms with E-state index in [0.717, 1.165) is 12.8 Å². The molecule has 0 saturated carbocycles. The van der Waals surface area contributed by atoms with Gasteiger partial charge in [-0.1, -0.05) is 20.3 Å². The highest BCUT2D eigenvalue weighted by Gasteiger charge is 2.31. The van der Waals surface area contributed by atoms with Crippen molar-refractivity contribution in [3.8, 4) is 0 Å². The van der Waals surface area contributed by atoms with Crippen molar-refractivity contribution >= 4 is 16.2 Å². The van der Waals surface area contributed by atoms with Gasteiger partial charge in [-0.25, -0.2) is 0 Å². The third kappa shape index (κ3) is 4.22. The topological polar surface area (TPSA) is 86.7 Å². The summed E-state index contributed by atoms with van der Waals surface area (Å²) in [5, 5.41) is 8.97. The van der Waals surface area contributed by atoms with Crippen LogP contribution >= 0.6 is 0 Å². The quantitative estimate of drug-likeness (QED) is 0.752. The molecule has 0 aromatic carbocycles. The average Bonchev–Trinajstić information content (AvgIpc) is 2.28. The second-order valence-corrected chi connectivity index (χ2v) is 6.61. The van der Waals surface area contributed by atoms with Crippen molar-refractivity contribution in [1.82, 2.24) is 9.03 Å². The van der Waals surface area contributed by atoms with E-state index >= 15 is 0 Å². The van der Waals surface area contributed by atoms with Crippen LogP contribution in [0.4, 0.5) is 0 Å². The van der Waals surface area contributed by atoms with Gasteiger partial charge in [-0.2, -0.15) is 17.4 Å². The number of carbonyl (C=O) groups is 1. The molecule has 1 aliphatic heterocycles. The summed E-state index contributed by atoms with van der Waals surface area (Å²) < 4.78 is 27.8. The molecule has 0 spiro atoms. The summed E-state index contributed by atoms with van der Waals surface area (Å²) in [6.07, 6.45) is 2.77. The molecule has 0 aliphatic carbocycles. The van der Waals surface area contributed by atoms with Crippen LogP contribution in [0, 0.1) is 5.92 Å². The van der Waals surface area contributed by atoms with Gasteiger partial charge in [-0.05, 0) is 25.2 Å². The van der Waals surface area contributed by atoms with Crippen molar-refractivity contribution in [1.29, 1.82) is 0 Å². The Morgan fingerprint density at radius 2 is 2.22 bits per heavy atom. The van der Waals surface area contributed by atoms with Gasteiger partial charge in [0.25, 0.3) is 10.2 Å². The van der Waals surface area contributed by atoms with Gasteiger partial charge in [-0.15, -0.1) is 0 Å². The average molecular weight is 278 g/mol. The maximum Gasteiger partial charge on any atom is 0.321 e. The van der Waals surface area contributed by atoms with Gasteiger partial charge >= 0.3 is 5.97 Å². The number of nitrogens with one attached hydrogen (secondary N) is 1. The lowest BCUT2D eigenvalue weighted by atomic mass is 10.0. The molecule has 1 rings (SSSR count). The van der Waals surface area contributed by atoms with E-state index < -0.39 is 22.2 Å². The highest BCUT2D eigenvalue weighted by molar-refractivity contribution is 7.87. The van der Waals surface area contributed by atoms with Crippen LogP contribution in [0.5, 0.6) is 0 Å². The van der Waals surface area contributed by atoms with Crippen molar-refractivity contribution in [2.75, 3.05) is 13.1 Å². The molecule has 0 amide bonds. The molecule has 2 unspecified atom stereocenters. The molecule has 6 nitrogen and oxygen atoms in total. The summed E-state index contributed by atoms with van der Waals surface area (Å²) in [5.41, 5.74) is 0. The van der Waals surface area contributed by atoms with Gasteiger partial charge in [0.1, 0.15) is 6.04 Å². The number of rotatable bonds is 6. The second kappa shape index (κ2) is 6.49. The normalized spacial score (nSPS) is 23.8. The molecule has 1 fully saturated rings. The molecule has 0 aromatic rings. The zero-order valence-corrected chi connectivity index (χ0v) is 11.7. The lowest BCUT2D eigenvalue weighted by molar-refractivity contribution is -0.139. The molecule has 106 valence electrons. The Labute approximate surface area is 109 Å². The molecule has 2 N–H and O–H groups in total. The molecule has 1 aliphatic rings. The molecular formula is C11H22N2O4S. The third-order valence-corrected chi connectivity index (χ3v) is 4.72. The maximum atomic E-state index is 12.1. The number of aliphatic carboxylic acids is 1. The number of piperidine rings is 1. The fourth-order valence-corrected chi connectivity index (χ4v) is 3.69. The molecule has 0 radical (unpaired) electrons. The lowest BCUT2D eigenvalue weighted by Gasteiger charge is -2.30. The van der Waals surface area contributed by atoms with Crippen LogP contribution in [0.25, 0.3) is 0 Å². The first-order valence-corrected chi connectivity index (χ1v) is 7.81. The Hall–Kier alpha value is -0.660. The third-order valence-electron chi connectivity index (χ3n) is 3.13. The first kappa shape index (κ1) is 15.4. The molecule has 2 atom stereocenters. The van der Waals surface area contributed by atoms with E-state index in [9.17, 15) is 13.2 Å². The Balaban J connectivity index is 2.70. The molecular weight excluding hydrogens is 256 g/mol. The van der Waals surface area contributed by atoms with Crippen molar-refractivity contribution in [2.45, 2.75) is 45.6 Å². The van der Waals surface area contributed by atoms with Crippen LogP contribution < -0.4 is 4.72 Å². The predicted octanol–water partition coefficient (Wildman–Crippen LogP) is 0.806. The minimum atomic E-state index is -3.68. The van der Waals surface area contributed by atoms with E-state index in [-0.39, 0.29) is 0 Å². The molecule has 18 heavy (non-hydrogen) atoms. The van der Waals surface area contributed by atoms with Crippen LogP contribution in [0.2, 0.25) is 0 Å². The summed E-state index contributed by atoms with van der Waals surface area (Å²) in [6, 6.07) is -1.03.